The molecule has 0 aromatic carbocycles. The monoisotopic (exact) mass is 255 g/mol. The highest BCUT2D eigenvalue weighted by molar-refractivity contribution is 14.1. The fraction of sp³-hybridized carbons (Fsp3) is 0.857. The third kappa shape index (κ3) is 2.96. The van der Waals surface area contributed by atoms with E-state index in [2.05, 4.69) is 5.32 Å². The quantitative estimate of drug-likeness (QED) is 0.599. The predicted molar refractivity (Wildman–Crippen MR) is 51.3 cm³/mol. The van der Waals surface area contributed by atoms with E-state index in [1.54, 1.807) is 0 Å². The Balaban J connectivity index is 4.22. The van der Waals surface area contributed by atoms with Crippen molar-refractivity contribution in [3.63, 3.8) is 0 Å². The van der Waals surface area contributed by atoms with Crippen molar-refractivity contribution in [2.45, 2.75) is 26.8 Å². The molecule has 0 radical (unpaired) electrons. The SMILES string of the molecule is CN[C@H](C(=O)I)C(C)(C)C. The first kappa shape index (κ1) is 10.4. The number of hydrogen-bond acceptors (Lipinski definition) is 2. The van der Waals surface area contributed by atoms with Crippen LogP contribution in [0.15, 0.2) is 0 Å². The molecule has 0 fully saturated rings. The van der Waals surface area contributed by atoms with Crippen LogP contribution < -0.4 is 5.32 Å². The summed E-state index contributed by atoms with van der Waals surface area (Å²) in [6, 6.07) is -0.0342. The van der Waals surface area contributed by atoms with Gasteiger partial charge in [0.05, 0.1) is 6.04 Å². The highest BCUT2D eigenvalue weighted by atomic mass is 127. The summed E-state index contributed by atoms with van der Waals surface area (Å²) in [5.74, 6) is 0. The first-order chi connectivity index (χ1) is 4.39. The van der Waals surface area contributed by atoms with E-state index in [0.717, 1.165) is 0 Å². The number of carbonyl (C=O) groups is 1. The van der Waals surface area contributed by atoms with E-state index in [9.17, 15) is 4.79 Å². The molecule has 0 saturated carbocycles. The van der Waals surface area contributed by atoms with Gasteiger partial charge in [-0.2, -0.15) is 0 Å². The van der Waals surface area contributed by atoms with Gasteiger partial charge in [-0.05, 0) is 12.5 Å². The van der Waals surface area contributed by atoms with Crippen molar-refractivity contribution < 1.29 is 4.79 Å². The Labute approximate surface area is 75.9 Å². The molecule has 0 aromatic heterocycles. The standard InChI is InChI=1S/C7H14INO/c1-7(2,3)5(9-4)6(8)10/h5,9H,1-4H3/t5-/m1/s1. The molecule has 0 aliphatic heterocycles. The topological polar surface area (TPSA) is 29.1 Å². The van der Waals surface area contributed by atoms with Crippen LogP contribution >= 0.6 is 22.6 Å². The zero-order chi connectivity index (χ0) is 8.36. The summed E-state index contributed by atoms with van der Waals surface area (Å²) in [7, 11) is 1.81. The van der Waals surface area contributed by atoms with Crippen molar-refractivity contribution in [2.75, 3.05) is 7.05 Å². The van der Waals surface area contributed by atoms with Crippen LogP contribution in [0.25, 0.3) is 0 Å². The number of carbonyl (C=O) groups excluding carboxylic acids is 1. The van der Waals surface area contributed by atoms with Crippen molar-refractivity contribution in [3.05, 3.63) is 0 Å². The van der Waals surface area contributed by atoms with Gasteiger partial charge in [-0.15, -0.1) is 0 Å². The minimum Gasteiger partial charge on any atom is -0.309 e. The summed E-state index contributed by atoms with van der Waals surface area (Å²) in [6.45, 7) is 6.14. The molecule has 0 heterocycles. The smallest absolute Gasteiger partial charge is 0.209 e. The van der Waals surface area contributed by atoms with E-state index in [0.29, 0.717) is 0 Å². The zero-order valence-electron chi connectivity index (χ0n) is 6.86. The maximum Gasteiger partial charge on any atom is 0.209 e. The van der Waals surface area contributed by atoms with Crippen LogP contribution in [-0.4, -0.2) is 16.9 Å². The van der Waals surface area contributed by atoms with Gasteiger partial charge in [-0.25, -0.2) is 0 Å². The maximum absolute atomic E-state index is 10.9. The lowest BCUT2D eigenvalue weighted by atomic mass is 9.88. The molecule has 3 heteroatoms. The fourth-order valence-electron chi connectivity index (χ4n) is 0.887. The molecule has 0 unspecified atom stereocenters. The Bertz CT molecular complexity index is 128. The van der Waals surface area contributed by atoms with Gasteiger partial charge in [0.15, 0.2) is 0 Å². The van der Waals surface area contributed by atoms with E-state index in [1.165, 1.54) is 0 Å². The Kier molecular flexibility index (Phi) is 3.80. The minimum atomic E-state index is -0.0342. The van der Waals surface area contributed by atoms with Crippen molar-refractivity contribution in [1.82, 2.24) is 5.32 Å². The summed E-state index contributed by atoms with van der Waals surface area (Å²) >= 11 is 1.83. The second kappa shape index (κ2) is 3.67. The first-order valence-corrected chi connectivity index (χ1v) is 4.34. The lowest BCUT2D eigenvalue weighted by molar-refractivity contribution is -0.113. The second-order valence-electron chi connectivity index (χ2n) is 3.39. The van der Waals surface area contributed by atoms with Gasteiger partial charge in [-0.3, -0.25) is 4.79 Å². The summed E-state index contributed by atoms with van der Waals surface area (Å²) < 4.78 is 0.174. The van der Waals surface area contributed by atoms with Gasteiger partial charge >= 0.3 is 0 Å². The van der Waals surface area contributed by atoms with Crippen LogP contribution in [0, 0.1) is 5.41 Å². The molecule has 0 aromatic rings. The molecule has 1 atom stereocenters. The van der Waals surface area contributed by atoms with Crippen LogP contribution in [0.5, 0.6) is 0 Å². The number of hydrogen-bond donors (Lipinski definition) is 1. The third-order valence-electron chi connectivity index (χ3n) is 1.38. The van der Waals surface area contributed by atoms with Crippen LogP contribution in [0.2, 0.25) is 0 Å². The normalized spacial score (nSPS) is 14.9. The van der Waals surface area contributed by atoms with Gasteiger partial charge < -0.3 is 5.32 Å². The van der Waals surface area contributed by atoms with Crippen molar-refractivity contribution in [1.29, 1.82) is 0 Å². The van der Waals surface area contributed by atoms with E-state index in [4.69, 9.17) is 0 Å². The van der Waals surface area contributed by atoms with Crippen LogP contribution in [-0.2, 0) is 4.79 Å². The molecule has 2 nitrogen and oxygen atoms in total. The maximum atomic E-state index is 10.9. The van der Waals surface area contributed by atoms with Crippen LogP contribution in [0.3, 0.4) is 0 Å². The second-order valence-corrected chi connectivity index (χ2v) is 4.46. The summed E-state index contributed by atoms with van der Waals surface area (Å²) in [6.07, 6.45) is 0. The van der Waals surface area contributed by atoms with E-state index in [-0.39, 0.29) is 15.2 Å². The highest BCUT2D eigenvalue weighted by Crippen LogP contribution is 2.21. The van der Waals surface area contributed by atoms with Gasteiger partial charge in [0, 0.05) is 22.6 Å². The predicted octanol–water partition coefficient (Wildman–Crippen LogP) is 1.58. The number of nitrogens with one attached hydrogen (secondary N) is 1. The van der Waals surface area contributed by atoms with E-state index in [1.807, 2.05) is 50.4 Å². The minimum absolute atomic E-state index is 0.0209. The molecular formula is C7H14INO. The van der Waals surface area contributed by atoms with E-state index < -0.39 is 0 Å². The van der Waals surface area contributed by atoms with Gasteiger partial charge in [0.2, 0.25) is 3.79 Å². The molecule has 60 valence electrons. The van der Waals surface area contributed by atoms with Crippen molar-refractivity contribution in [2.24, 2.45) is 5.41 Å². The molecular weight excluding hydrogens is 241 g/mol. The molecule has 0 aliphatic carbocycles. The fourth-order valence-corrected chi connectivity index (χ4v) is 2.13. The van der Waals surface area contributed by atoms with Gasteiger partial charge in [0.25, 0.3) is 0 Å². The van der Waals surface area contributed by atoms with E-state index >= 15 is 0 Å². The Morgan fingerprint density at radius 2 is 1.90 bits per heavy atom. The zero-order valence-corrected chi connectivity index (χ0v) is 9.02. The Morgan fingerprint density at radius 3 is 1.90 bits per heavy atom. The van der Waals surface area contributed by atoms with Crippen LogP contribution in [0.4, 0.5) is 0 Å². The van der Waals surface area contributed by atoms with Gasteiger partial charge in [0.1, 0.15) is 0 Å². The summed E-state index contributed by atoms with van der Waals surface area (Å²) in [5.41, 5.74) is 0.0209. The molecule has 0 bridgehead atoms. The van der Waals surface area contributed by atoms with Crippen LogP contribution in [0.1, 0.15) is 20.8 Å². The third-order valence-corrected chi connectivity index (χ3v) is 2.00. The average Bonchev–Trinajstić information content (AvgIpc) is 1.60. The molecule has 0 rings (SSSR count). The average molecular weight is 255 g/mol. The molecule has 1 N–H and O–H groups in total. The molecule has 10 heavy (non-hydrogen) atoms. The Hall–Kier alpha value is 0.360. The summed E-state index contributed by atoms with van der Waals surface area (Å²) in [5, 5.41) is 2.98. The van der Waals surface area contributed by atoms with Gasteiger partial charge in [-0.1, -0.05) is 20.8 Å². The highest BCUT2D eigenvalue weighted by Gasteiger charge is 2.27. The summed E-state index contributed by atoms with van der Waals surface area (Å²) in [4.78, 5) is 10.9. The number of rotatable bonds is 2. The molecule has 0 spiro atoms. The molecule has 0 aliphatic rings. The first-order valence-electron chi connectivity index (χ1n) is 3.26. The lowest BCUT2D eigenvalue weighted by Crippen LogP contribution is -2.42. The van der Waals surface area contributed by atoms with Crippen molar-refractivity contribution >= 4 is 26.4 Å². The number of halogens is 1. The Morgan fingerprint density at radius 1 is 1.50 bits per heavy atom. The largest absolute Gasteiger partial charge is 0.309 e. The molecule has 0 amide bonds. The number of likely N-dealkylation sites (N-methyl/N-ethyl adjacent to an activating group) is 1. The lowest BCUT2D eigenvalue weighted by Gasteiger charge is -2.26. The molecule has 0 saturated heterocycles. The van der Waals surface area contributed by atoms with Crippen molar-refractivity contribution in [3.8, 4) is 0 Å².